The molecule has 1 aromatic carbocycles. The quantitative estimate of drug-likeness (QED) is 0.927. The molecule has 1 atom stereocenters. The van der Waals surface area contributed by atoms with E-state index >= 15 is 0 Å². The molecule has 2 heterocycles. The molecule has 1 unspecified atom stereocenters. The zero-order valence-corrected chi connectivity index (χ0v) is 14.3. The Morgan fingerprint density at radius 2 is 2.26 bits per heavy atom. The molecule has 7 heteroatoms. The number of benzene rings is 1. The van der Waals surface area contributed by atoms with Crippen LogP contribution in [0, 0.1) is 0 Å². The summed E-state index contributed by atoms with van der Waals surface area (Å²) in [5.41, 5.74) is 3.04. The van der Waals surface area contributed by atoms with Crippen molar-refractivity contribution in [1.29, 1.82) is 0 Å². The van der Waals surface area contributed by atoms with Gasteiger partial charge < -0.3 is 14.7 Å². The summed E-state index contributed by atoms with van der Waals surface area (Å²) in [6.45, 7) is 4.40. The molecule has 0 saturated heterocycles. The first-order chi connectivity index (χ1) is 10.6. The number of nitrogens with one attached hydrogen (secondary N) is 1. The van der Waals surface area contributed by atoms with E-state index in [2.05, 4.69) is 22.4 Å². The van der Waals surface area contributed by atoms with Crippen LogP contribution in [0.25, 0.3) is 11.5 Å². The second-order valence-corrected chi connectivity index (χ2v) is 5.67. The van der Waals surface area contributed by atoms with Crippen molar-refractivity contribution in [2.45, 2.75) is 32.7 Å². The van der Waals surface area contributed by atoms with Gasteiger partial charge in [0.2, 0.25) is 5.91 Å². The SMILES string of the molecule is CNC(C)Cc1noc(-c2ccc3c(c2)CCN3C(C)=O)n1.Cl. The summed E-state index contributed by atoms with van der Waals surface area (Å²) in [4.78, 5) is 17.8. The van der Waals surface area contributed by atoms with E-state index < -0.39 is 0 Å². The Kier molecular flexibility index (Phi) is 5.38. The molecule has 1 aliphatic rings. The van der Waals surface area contributed by atoms with Gasteiger partial charge in [-0.15, -0.1) is 12.4 Å². The first kappa shape index (κ1) is 17.4. The molecule has 1 amide bonds. The average molecular weight is 337 g/mol. The van der Waals surface area contributed by atoms with E-state index in [1.54, 1.807) is 11.8 Å². The van der Waals surface area contributed by atoms with E-state index in [0.717, 1.165) is 36.2 Å². The third kappa shape index (κ3) is 3.54. The minimum Gasteiger partial charge on any atom is -0.334 e. The average Bonchev–Trinajstić information content (AvgIpc) is 3.12. The van der Waals surface area contributed by atoms with Crippen LogP contribution in [0.5, 0.6) is 0 Å². The van der Waals surface area contributed by atoms with Crippen molar-refractivity contribution < 1.29 is 9.32 Å². The van der Waals surface area contributed by atoms with Crippen LogP contribution < -0.4 is 10.2 Å². The van der Waals surface area contributed by atoms with Gasteiger partial charge in [0.05, 0.1) is 0 Å². The van der Waals surface area contributed by atoms with E-state index in [1.165, 1.54) is 0 Å². The normalized spacial score (nSPS) is 14.3. The summed E-state index contributed by atoms with van der Waals surface area (Å²) < 4.78 is 5.36. The Labute approximate surface area is 141 Å². The minimum absolute atomic E-state index is 0. The number of likely N-dealkylation sites (N-methyl/N-ethyl adjacent to an activating group) is 1. The largest absolute Gasteiger partial charge is 0.334 e. The number of amides is 1. The van der Waals surface area contributed by atoms with Gasteiger partial charge in [0.25, 0.3) is 5.89 Å². The first-order valence-electron chi connectivity index (χ1n) is 7.49. The molecule has 0 fully saturated rings. The van der Waals surface area contributed by atoms with Crippen molar-refractivity contribution in [1.82, 2.24) is 15.5 Å². The molecule has 6 nitrogen and oxygen atoms in total. The summed E-state index contributed by atoms with van der Waals surface area (Å²) >= 11 is 0. The lowest BCUT2D eigenvalue weighted by Crippen LogP contribution is -2.25. The van der Waals surface area contributed by atoms with Gasteiger partial charge >= 0.3 is 0 Å². The van der Waals surface area contributed by atoms with Gasteiger partial charge in [-0.2, -0.15) is 4.98 Å². The number of halogens is 1. The molecule has 124 valence electrons. The maximum atomic E-state index is 11.6. The molecular formula is C16H21ClN4O2. The Morgan fingerprint density at radius 1 is 1.48 bits per heavy atom. The number of rotatable bonds is 4. The fourth-order valence-corrected chi connectivity index (χ4v) is 2.69. The zero-order valence-electron chi connectivity index (χ0n) is 13.5. The van der Waals surface area contributed by atoms with Gasteiger partial charge in [-0.1, -0.05) is 5.16 Å². The van der Waals surface area contributed by atoms with Gasteiger partial charge in [-0.05, 0) is 44.2 Å². The number of hydrogen-bond acceptors (Lipinski definition) is 5. The maximum Gasteiger partial charge on any atom is 0.257 e. The number of nitrogens with zero attached hydrogens (tertiary/aromatic N) is 3. The molecule has 0 saturated carbocycles. The van der Waals surface area contributed by atoms with E-state index in [0.29, 0.717) is 17.8 Å². The van der Waals surface area contributed by atoms with E-state index in [9.17, 15) is 4.79 Å². The predicted molar refractivity (Wildman–Crippen MR) is 90.9 cm³/mol. The molecule has 1 aliphatic heterocycles. The van der Waals surface area contributed by atoms with Gasteiger partial charge in [-0.3, -0.25) is 4.79 Å². The fraction of sp³-hybridized carbons (Fsp3) is 0.438. The smallest absolute Gasteiger partial charge is 0.257 e. The summed E-state index contributed by atoms with van der Waals surface area (Å²) in [6, 6.07) is 6.23. The van der Waals surface area contributed by atoms with Crippen LogP contribution in [-0.2, 0) is 17.6 Å². The highest BCUT2D eigenvalue weighted by molar-refractivity contribution is 5.94. The Hall–Kier alpha value is -1.92. The van der Waals surface area contributed by atoms with Crippen LogP contribution in [0.1, 0.15) is 25.2 Å². The lowest BCUT2D eigenvalue weighted by Gasteiger charge is -2.14. The Bertz CT molecular complexity index is 701. The van der Waals surface area contributed by atoms with Gasteiger partial charge in [0, 0.05) is 37.2 Å². The van der Waals surface area contributed by atoms with Crippen molar-refractivity contribution in [2.24, 2.45) is 0 Å². The highest BCUT2D eigenvalue weighted by Gasteiger charge is 2.23. The third-order valence-electron chi connectivity index (χ3n) is 4.05. The molecule has 0 aliphatic carbocycles. The molecule has 1 aromatic heterocycles. The third-order valence-corrected chi connectivity index (χ3v) is 4.05. The summed E-state index contributed by atoms with van der Waals surface area (Å²) in [5.74, 6) is 1.30. The van der Waals surface area contributed by atoms with Crippen molar-refractivity contribution in [2.75, 3.05) is 18.5 Å². The molecule has 0 bridgehead atoms. The van der Waals surface area contributed by atoms with Crippen molar-refractivity contribution in [3.05, 3.63) is 29.6 Å². The summed E-state index contributed by atoms with van der Waals surface area (Å²) in [6.07, 6.45) is 1.59. The first-order valence-corrected chi connectivity index (χ1v) is 7.49. The number of anilines is 1. The van der Waals surface area contributed by atoms with Crippen LogP contribution in [-0.4, -0.2) is 35.7 Å². The van der Waals surface area contributed by atoms with Crippen molar-refractivity contribution >= 4 is 24.0 Å². The van der Waals surface area contributed by atoms with E-state index in [4.69, 9.17) is 4.52 Å². The Balaban J connectivity index is 0.00000192. The molecule has 23 heavy (non-hydrogen) atoms. The number of carbonyl (C=O) groups is 1. The number of fused-ring (bicyclic) bond motifs is 1. The number of hydrogen-bond donors (Lipinski definition) is 1. The van der Waals surface area contributed by atoms with Crippen LogP contribution in [0.2, 0.25) is 0 Å². The summed E-state index contributed by atoms with van der Waals surface area (Å²) in [7, 11) is 1.91. The second-order valence-electron chi connectivity index (χ2n) is 5.67. The van der Waals surface area contributed by atoms with Gasteiger partial charge in [-0.25, -0.2) is 0 Å². The lowest BCUT2D eigenvalue weighted by molar-refractivity contribution is -0.116. The van der Waals surface area contributed by atoms with Gasteiger partial charge in [0.15, 0.2) is 5.82 Å². The topological polar surface area (TPSA) is 71.3 Å². The second kappa shape index (κ2) is 7.10. The van der Waals surface area contributed by atoms with Crippen LogP contribution in [0.15, 0.2) is 22.7 Å². The minimum atomic E-state index is 0. The van der Waals surface area contributed by atoms with E-state index in [1.807, 2.05) is 25.2 Å². The molecule has 1 N–H and O–H groups in total. The van der Waals surface area contributed by atoms with Crippen LogP contribution >= 0.6 is 12.4 Å². The molecule has 0 radical (unpaired) electrons. The van der Waals surface area contributed by atoms with Crippen molar-refractivity contribution in [3.8, 4) is 11.5 Å². The van der Waals surface area contributed by atoms with E-state index in [-0.39, 0.29) is 18.3 Å². The highest BCUT2D eigenvalue weighted by atomic mass is 35.5. The lowest BCUT2D eigenvalue weighted by atomic mass is 10.1. The van der Waals surface area contributed by atoms with Gasteiger partial charge in [0.1, 0.15) is 0 Å². The number of aromatic nitrogens is 2. The van der Waals surface area contributed by atoms with Crippen LogP contribution in [0.3, 0.4) is 0 Å². The monoisotopic (exact) mass is 336 g/mol. The standard InChI is InChI=1S/C16H20N4O2.ClH/c1-10(17-3)8-15-18-16(22-19-15)13-4-5-14-12(9-13)6-7-20(14)11(2)21;/h4-5,9-10,17H,6-8H2,1-3H3;1H. The summed E-state index contributed by atoms with van der Waals surface area (Å²) in [5, 5.41) is 7.18. The van der Waals surface area contributed by atoms with Crippen molar-refractivity contribution in [3.63, 3.8) is 0 Å². The van der Waals surface area contributed by atoms with Crippen LogP contribution in [0.4, 0.5) is 5.69 Å². The fourth-order valence-electron chi connectivity index (χ4n) is 2.69. The molecular weight excluding hydrogens is 316 g/mol. The Morgan fingerprint density at radius 3 is 2.96 bits per heavy atom. The molecule has 0 spiro atoms. The maximum absolute atomic E-state index is 11.6. The molecule has 2 aromatic rings. The zero-order chi connectivity index (χ0) is 15.7. The molecule has 3 rings (SSSR count). The highest BCUT2D eigenvalue weighted by Crippen LogP contribution is 2.31. The predicted octanol–water partition coefficient (Wildman–Crippen LogP) is 2.22. The number of carbonyl (C=O) groups excluding carboxylic acids is 1.